The van der Waals surface area contributed by atoms with Gasteiger partial charge in [0.05, 0.1) is 12.6 Å². The van der Waals surface area contributed by atoms with Gasteiger partial charge in [-0.2, -0.15) is 8.78 Å². The van der Waals surface area contributed by atoms with Crippen LogP contribution in [0.3, 0.4) is 0 Å². The highest BCUT2D eigenvalue weighted by Crippen LogP contribution is 2.23. The fourth-order valence-corrected chi connectivity index (χ4v) is 2.78. The van der Waals surface area contributed by atoms with Gasteiger partial charge in [-0.05, 0) is 43.2 Å². The number of hydrogen-bond donors (Lipinski definition) is 0. The highest BCUT2D eigenvalue weighted by atomic mass is 19.3. The van der Waals surface area contributed by atoms with Crippen molar-refractivity contribution in [1.82, 2.24) is 4.98 Å². The van der Waals surface area contributed by atoms with Crippen LogP contribution in [0.25, 0.3) is 0 Å². The number of amides is 1. The van der Waals surface area contributed by atoms with E-state index < -0.39 is 6.61 Å². The molecule has 0 bridgehead atoms. The standard InChI is InChI=1S/C18H18F2N2O3/c19-18(20)25-15-4-1-3-13(11-15)17(23)22(12-16-5-2-10-24-16)14-6-8-21-9-7-14/h1,3-4,6-9,11,16,18H,2,5,10,12H2/t16-/m0/s1. The number of pyridine rings is 1. The van der Waals surface area contributed by atoms with Crippen molar-refractivity contribution in [2.45, 2.75) is 25.6 Å². The highest BCUT2D eigenvalue weighted by molar-refractivity contribution is 6.06. The van der Waals surface area contributed by atoms with Gasteiger partial charge in [-0.25, -0.2) is 0 Å². The molecule has 7 heteroatoms. The Morgan fingerprint density at radius 2 is 2.12 bits per heavy atom. The van der Waals surface area contributed by atoms with Crippen LogP contribution in [-0.2, 0) is 4.74 Å². The van der Waals surface area contributed by atoms with Crippen LogP contribution in [0.2, 0.25) is 0 Å². The number of hydrogen-bond acceptors (Lipinski definition) is 4. The minimum Gasteiger partial charge on any atom is -0.435 e. The zero-order valence-corrected chi connectivity index (χ0v) is 13.5. The molecule has 1 amide bonds. The molecule has 1 fully saturated rings. The number of benzene rings is 1. The first-order valence-corrected chi connectivity index (χ1v) is 8.02. The lowest BCUT2D eigenvalue weighted by atomic mass is 10.1. The summed E-state index contributed by atoms with van der Waals surface area (Å²) in [6, 6.07) is 9.25. The summed E-state index contributed by atoms with van der Waals surface area (Å²) in [7, 11) is 0. The summed E-state index contributed by atoms with van der Waals surface area (Å²) in [4.78, 5) is 18.5. The summed E-state index contributed by atoms with van der Waals surface area (Å²) in [5, 5.41) is 0. The maximum atomic E-state index is 13.0. The molecular weight excluding hydrogens is 330 g/mol. The van der Waals surface area contributed by atoms with E-state index in [0.717, 1.165) is 12.8 Å². The second kappa shape index (κ2) is 8.02. The molecule has 1 saturated heterocycles. The maximum absolute atomic E-state index is 13.0. The quantitative estimate of drug-likeness (QED) is 0.802. The average molecular weight is 348 g/mol. The summed E-state index contributed by atoms with van der Waals surface area (Å²) in [5.74, 6) is -0.353. The number of ether oxygens (including phenoxy) is 2. The third-order valence-electron chi connectivity index (χ3n) is 3.94. The Morgan fingerprint density at radius 1 is 1.32 bits per heavy atom. The van der Waals surface area contributed by atoms with Crippen molar-refractivity contribution < 1.29 is 23.0 Å². The molecule has 0 unspecified atom stereocenters. The predicted octanol–water partition coefficient (Wildman–Crippen LogP) is 3.51. The number of carbonyl (C=O) groups is 1. The zero-order chi connectivity index (χ0) is 17.6. The molecule has 25 heavy (non-hydrogen) atoms. The van der Waals surface area contributed by atoms with Gasteiger partial charge in [0.15, 0.2) is 0 Å². The van der Waals surface area contributed by atoms with Gasteiger partial charge in [-0.15, -0.1) is 0 Å². The number of anilines is 1. The van der Waals surface area contributed by atoms with Crippen LogP contribution in [0.1, 0.15) is 23.2 Å². The van der Waals surface area contributed by atoms with Crippen LogP contribution in [0.5, 0.6) is 5.75 Å². The van der Waals surface area contributed by atoms with Gasteiger partial charge in [0, 0.05) is 30.3 Å². The van der Waals surface area contributed by atoms with Gasteiger partial charge in [-0.3, -0.25) is 9.78 Å². The highest BCUT2D eigenvalue weighted by Gasteiger charge is 2.25. The first kappa shape index (κ1) is 17.3. The second-order valence-electron chi connectivity index (χ2n) is 5.66. The zero-order valence-electron chi connectivity index (χ0n) is 13.5. The van der Waals surface area contributed by atoms with Gasteiger partial charge in [0.1, 0.15) is 5.75 Å². The molecule has 0 saturated carbocycles. The van der Waals surface area contributed by atoms with Crippen LogP contribution >= 0.6 is 0 Å². The lowest BCUT2D eigenvalue weighted by molar-refractivity contribution is -0.0498. The molecule has 1 aliphatic rings. The van der Waals surface area contributed by atoms with E-state index in [2.05, 4.69) is 9.72 Å². The largest absolute Gasteiger partial charge is 0.435 e. The molecule has 0 spiro atoms. The van der Waals surface area contributed by atoms with E-state index in [4.69, 9.17) is 4.74 Å². The Hall–Kier alpha value is -2.54. The summed E-state index contributed by atoms with van der Waals surface area (Å²) in [6.07, 6.45) is 4.99. The molecule has 0 N–H and O–H groups in total. The topological polar surface area (TPSA) is 51.7 Å². The summed E-state index contributed by atoms with van der Waals surface area (Å²) in [6.45, 7) is -1.86. The maximum Gasteiger partial charge on any atom is 0.387 e. The summed E-state index contributed by atoms with van der Waals surface area (Å²) >= 11 is 0. The molecule has 1 aromatic heterocycles. The van der Waals surface area contributed by atoms with Crippen LogP contribution in [-0.4, -0.2) is 36.8 Å². The number of carbonyl (C=O) groups excluding carboxylic acids is 1. The van der Waals surface area contributed by atoms with Crippen molar-refractivity contribution in [3.05, 3.63) is 54.4 Å². The Balaban J connectivity index is 1.85. The third kappa shape index (κ3) is 4.51. The molecule has 1 aliphatic heterocycles. The summed E-state index contributed by atoms with van der Waals surface area (Å²) in [5.41, 5.74) is 0.948. The first-order chi connectivity index (χ1) is 12.1. The Kier molecular flexibility index (Phi) is 5.55. The predicted molar refractivity (Wildman–Crippen MR) is 88.0 cm³/mol. The van der Waals surface area contributed by atoms with Crippen molar-refractivity contribution in [2.24, 2.45) is 0 Å². The van der Waals surface area contributed by atoms with Crippen molar-refractivity contribution in [3.63, 3.8) is 0 Å². The minimum absolute atomic E-state index is 0.0439. The van der Waals surface area contributed by atoms with E-state index in [1.165, 1.54) is 18.2 Å². The smallest absolute Gasteiger partial charge is 0.387 e. The van der Waals surface area contributed by atoms with Crippen molar-refractivity contribution in [1.29, 1.82) is 0 Å². The van der Waals surface area contributed by atoms with Gasteiger partial charge in [0.25, 0.3) is 5.91 Å². The lowest BCUT2D eigenvalue weighted by Crippen LogP contribution is -2.37. The average Bonchev–Trinajstić information content (AvgIpc) is 3.13. The Labute approximate surface area is 144 Å². The second-order valence-corrected chi connectivity index (χ2v) is 5.66. The number of rotatable bonds is 6. The fourth-order valence-electron chi connectivity index (χ4n) is 2.78. The van der Waals surface area contributed by atoms with E-state index in [0.29, 0.717) is 18.8 Å². The normalized spacial score (nSPS) is 16.8. The van der Waals surface area contributed by atoms with E-state index in [-0.39, 0.29) is 23.3 Å². The van der Waals surface area contributed by atoms with Gasteiger partial charge in [0.2, 0.25) is 0 Å². The van der Waals surface area contributed by atoms with Crippen LogP contribution in [0.15, 0.2) is 48.8 Å². The molecule has 1 atom stereocenters. The Morgan fingerprint density at radius 3 is 2.80 bits per heavy atom. The van der Waals surface area contributed by atoms with Gasteiger partial charge < -0.3 is 14.4 Å². The molecule has 3 rings (SSSR count). The van der Waals surface area contributed by atoms with Crippen LogP contribution in [0, 0.1) is 0 Å². The van der Waals surface area contributed by atoms with Crippen LogP contribution < -0.4 is 9.64 Å². The molecule has 2 aromatic rings. The first-order valence-electron chi connectivity index (χ1n) is 8.02. The molecule has 5 nitrogen and oxygen atoms in total. The van der Waals surface area contributed by atoms with E-state index in [1.54, 1.807) is 35.5 Å². The van der Waals surface area contributed by atoms with Gasteiger partial charge in [-0.1, -0.05) is 6.07 Å². The molecule has 0 aliphatic carbocycles. The molecule has 2 heterocycles. The monoisotopic (exact) mass is 348 g/mol. The number of aromatic nitrogens is 1. The van der Waals surface area contributed by atoms with Crippen molar-refractivity contribution in [3.8, 4) is 5.75 Å². The lowest BCUT2D eigenvalue weighted by Gasteiger charge is -2.25. The van der Waals surface area contributed by atoms with E-state index >= 15 is 0 Å². The van der Waals surface area contributed by atoms with Crippen molar-refractivity contribution >= 4 is 11.6 Å². The number of nitrogens with zero attached hydrogens (tertiary/aromatic N) is 2. The van der Waals surface area contributed by atoms with E-state index in [9.17, 15) is 13.6 Å². The van der Waals surface area contributed by atoms with Crippen molar-refractivity contribution in [2.75, 3.05) is 18.1 Å². The molecule has 1 aromatic carbocycles. The number of alkyl halides is 2. The summed E-state index contributed by atoms with van der Waals surface area (Å²) < 4.78 is 34.8. The third-order valence-corrected chi connectivity index (χ3v) is 3.94. The Bertz CT molecular complexity index is 706. The SMILES string of the molecule is O=C(c1cccc(OC(F)F)c1)N(C[C@@H]1CCCO1)c1ccncc1. The minimum atomic E-state index is -2.94. The number of halogens is 2. The molecule has 0 radical (unpaired) electrons. The van der Waals surface area contributed by atoms with Crippen LogP contribution in [0.4, 0.5) is 14.5 Å². The fraction of sp³-hybridized carbons (Fsp3) is 0.333. The molecular formula is C18H18F2N2O3. The van der Waals surface area contributed by atoms with E-state index in [1.807, 2.05) is 0 Å². The molecule has 132 valence electrons. The van der Waals surface area contributed by atoms with Gasteiger partial charge >= 0.3 is 6.61 Å².